The average molecular weight is 306 g/mol. The molecule has 1 N–H and O–H groups in total. The number of benzene rings is 1. The maximum atomic E-state index is 8.84. The van der Waals surface area contributed by atoms with Crippen molar-refractivity contribution < 1.29 is 5.11 Å². The highest BCUT2D eigenvalue weighted by atomic mass is 79.9. The lowest BCUT2D eigenvalue weighted by molar-refractivity contribution is 0.288. The highest BCUT2D eigenvalue weighted by Crippen LogP contribution is 2.37. The summed E-state index contributed by atoms with van der Waals surface area (Å²) in [4.78, 5) is 0. The van der Waals surface area contributed by atoms with Crippen LogP contribution in [0, 0.1) is 0 Å². The number of aryl methyl sites for hydroxylation is 1. The van der Waals surface area contributed by atoms with Crippen molar-refractivity contribution in [3.05, 3.63) is 32.6 Å². The predicted molar refractivity (Wildman–Crippen MR) is 69.9 cm³/mol. The third-order valence-electron chi connectivity index (χ3n) is 2.29. The van der Waals surface area contributed by atoms with Gasteiger partial charge in [-0.05, 0) is 57.9 Å². The van der Waals surface area contributed by atoms with E-state index in [1.165, 1.54) is 15.6 Å². The number of hydrogen-bond acceptors (Lipinski definition) is 2. The number of thiophene rings is 1. The minimum Gasteiger partial charge on any atom is -0.396 e. The van der Waals surface area contributed by atoms with Crippen LogP contribution in [0.25, 0.3) is 10.1 Å². The Morgan fingerprint density at radius 2 is 2.20 bits per heavy atom. The molecule has 0 saturated carbocycles. The number of hydrogen-bond donors (Lipinski definition) is 1. The van der Waals surface area contributed by atoms with Crippen LogP contribution in [-0.2, 0) is 6.42 Å². The molecule has 0 spiro atoms. The molecule has 2 aromatic rings. The molecule has 2 rings (SSSR count). The number of fused-ring (bicyclic) bond motifs is 1. The predicted octanol–water partition coefficient (Wildman–Crippen LogP) is 4.24. The third kappa shape index (κ3) is 2.36. The standard InChI is InChI=1S/C11H10BrClOS/c12-11-8(2-1-5-14)9-6-7(13)3-4-10(9)15-11/h3-4,6,14H,1-2,5H2. The molecule has 1 heterocycles. The second-order valence-electron chi connectivity index (χ2n) is 3.32. The fourth-order valence-electron chi connectivity index (χ4n) is 1.58. The Bertz CT molecular complexity index is 481. The van der Waals surface area contributed by atoms with Gasteiger partial charge in [-0.25, -0.2) is 0 Å². The van der Waals surface area contributed by atoms with Gasteiger partial charge in [0.2, 0.25) is 0 Å². The molecule has 0 bridgehead atoms. The topological polar surface area (TPSA) is 20.2 Å². The van der Waals surface area contributed by atoms with Crippen molar-refractivity contribution in [2.45, 2.75) is 12.8 Å². The van der Waals surface area contributed by atoms with E-state index < -0.39 is 0 Å². The Morgan fingerprint density at radius 3 is 2.93 bits per heavy atom. The van der Waals surface area contributed by atoms with Gasteiger partial charge in [-0.1, -0.05) is 11.6 Å². The fourth-order valence-corrected chi connectivity index (χ4v) is 3.64. The van der Waals surface area contributed by atoms with Gasteiger partial charge in [0, 0.05) is 16.3 Å². The van der Waals surface area contributed by atoms with Crippen LogP contribution in [-0.4, -0.2) is 11.7 Å². The van der Waals surface area contributed by atoms with Crippen molar-refractivity contribution in [3.8, 4) is 0 Å². The van der Waals surface area contributed by atoms with Crippen molar-refractivity contribution in [2.24, 2.45) is 0 Å². The summed E-state index contributed by atoms with van der Waals surface area (Å²) in [7, 11) is 0. The third-order valence-corrected chi connectivity index (χ3v) is 4.49. The van der Waals surface area contributed by atoms with Crippen molar-refractivity contribution in [1.29, 1.82) is 0 Å². The average Bonchev–Trinajstić information content (AvgIpc) is 2.51. The van der Waals surface area contributed by atoms with E-state index in [9.17, 15) is 0 Å². The highest BCUT2D eigenvalue weighted by molar-refractivity contribution is 9.11. The summed E-state index contributed by atoms with van der Waals surface area (Å²) in [6, 6.07) is 5.93. The Balaban J connectivity index is 2.50. The first-order chi connectivity index (χ1) is 7.22. The zero-order chi connectivity index (χ0) is 10.8. The molecule has 1 aromatic heterocycles. The van der Waals surface area contributed by atoms with Crippen LogP contribution < -0.4 is 0 Å². The number of rotatable bonds is 3. The molecular weight excluding hydrogens is 296 g/mol. The second kappa shape index (κ2) is 4.83. The van der Waals surface area contributed by atoms with E-state index in [-0.39, 0.29) is 6.61 Å². The van der Waals surface area contributed by atoms with Crippen LogP contribution in [0.2, 0.25) is 5.02 Å². The minimum atomic E-state index is 0.227. The summed E-state index contributed by atoms with van der Waals surface area (Å²) in [6.45, 7) is 0.227. The first kappa shape index (κ1) is 11.4. The van der Waals surface area contributed by atoms with Gasteiger partial charge in [0.25, 0.3) is 0 Å². The molecule has 1 aromatic carbocycles. The maximum Gasteiger partial charge on any atom is 0.0743 e. The molecule has 0 fully saturated rings. The molecule has 0 aliphatic rings. The van der Waals surface area contributed by atoms with Crippen LogP contribution in [0.15, 0.2) is 22.0 Å². The van der Waals surface area contributed by atoms with Crippen LogP contribution in [0.4, 0.5) is 0 Å². The quantitative estimate of drug-likeness (QED) is 0.899. The van der Waals surface area contributed by atoms with Gasteiger partial charge in [-0.3, -0.25) is 0 Å². The van der Waals surface area contributed by atoms with Gasteiger partial charge in [-0.15, -0.1) is 11.3 Å². The summed E-state index contributed by atoms with van der Waals surface area (Å²) in [5, 5.41) is 10.8. The number of aliphatic hydroxyl groups is 1. The van der Waals surface area contributed by atoms with Crippen molar-refractivity contribution in [3.63, 3.8) is 0 Å². The van der Waals surface area contributed by atoms with Crippen molar-refractivity contribution in [1.82, 2.24) is 0 Å². The van der Waals surface area contributed by atoms with Crippen LogP contribution in [0.5, 0.6) is 0 Å². The molecule has 0 saturated heterocycles. The zero-order valence-electron chi connectivity index (χ0n) is 7.96. The van der Waals surface area contributed by atoms with Crippen molar-refractivity contribution in [2.75, 3.05) is 6.61 Å². The van der Waals surface area contributed by atoms with Crippen molar-refractivity contribution >= 4 is 49.0 Å². The molecular formula is C11H10BrClOS. The van der Waals surface area contributed by atoms with E-state index in [4.69, 9.17) is 16.7 Å². The smallest absolute Gasteiger partial charge is 0.0743 e. The van der Waals surface area contributed by atoms with Gasteiger partial charge in [0.1, 0.15) is 0 Å². The lowest BCUT2D eigenvalue weighted by atomic mass is 10.1. The van der Waals surface area contributed by atoms with E-state index in [2.05, 4.69) is 15.9 Å². The normalized spacial score (nSPS) is 11.1. The Labute approximate surface area is 106 Å². The largest absolute Gasteiger partial charge is 0.396 e. The zero-order valence-corrected chi connectivity index (χ0v) is 11.1. The molecule has 80 valence electrons. The molecule has 0 radical (unpaired) electrons. The molecule has 0 aliphatic carbocycles. The maximum absolute atomic E-state index is 8.84. The number of aliphatic hydroxyl groups excluding tert-OH is 1. The summed E-state index contributed by atoms with van der Waals surface area (Å²) < 4.78 is 2.38. The van der Waals surface area contributed by atoms with E-state index in [1.54, 1.807) is 11.3 Å². The SMILES string of the molecule is OCCCc1c(Br)sc2ccc(Cl)cc12. The molecule has 4 heteroatoms. The van der Waals surface area contributed by atoms with Crippen LogP contribution in [0.1, 0.15) is 12.0 Å². The molecule has 0 unspecified atom stereocenters. The van der Waals surface area contributed by atoms with Gasteiger partial charge in [0.05, 0.1) is 3.79 Å². The molecule has 15 heavy (non-hydrogen) atoms. The van der Waals surface area contributed by atoms with Crippen LogP contribution in [0.3, 0.4) is 0 Å². The van der Waals surface area contributed by atoms with Gasteiger partial charge >= 0.3 is 0 Å². The Kier molecular flexibility index (Phi) is 3.67. The lowest BCUT2D eigenvalue weighted by Gasteiger charge is -1.99. The molecule has 0 aliphatic heterocycles. The summed E-state index contributed by atoms with van der Waals surface area (Å²) in [5.41, 5.74) is 1.26. The first-order valence-corrected chi connectivity index (χ1v) is 6.68. The molecule has 0 atom stereocenters. The van der Waals surface area contributed by atoms with Crippen LogP contribution >= 0.6 is 38.9 Å². The van der Waals surface area contributed by atoms with Gasteiger partial charge < -0.3 is 5.11 Å². The van der Waals surface area contributed by atoms with Gasteiger partial charge in [0.15, 0.2) is 0 Å². The Hall–Kier alpha value is -0.0900. The summed E-state index contributed by atoms with van der Waals surface area (Å²) >= 11 is 11.2. The number of halogens is 2. The summed E-state index contributed by atoms with van der Waals surface area (Å²) in [6.07, 6.45) is 1.67. The Morgan fingerprint density at radius 1 is 1.40 bits per heavy atom. The molecule has 0 amide bonds. The lowest BCUT2D eigenvalue weighted by Crippen LogP contribution is -1.88. The molecule has 1 nitrogen and oxygen atoms in total. The minimum absolute atomic E-state index is 0.227. The summed E-state index contributed by atoms with van der Waals surface area (Å²) in [5.74, 6) is 0. The van der Waals surface area contributed by atoms with E-state index >= 15 is 0 Å². The first-order valence-electron chi connectivity index (χ1n) is 4.69. The van der Waals surface area contributed by atoms with E-state index in [1.807, 2.05) is 18.2 Å². The van der Waals surface area contributed by atoms with E-state index in [0.29, 0.717) is 0 Å². The van der Waals surface area contributed by atoms with E-state index in [0.717, 1.165) is 21.7 Å². The highest BCUT2D eigenvalue weighted by Gasteiger charge is 2.09. The second-order valence-corrected chi connectivity index (χ2v) is 6.13. The van der Waals surface area contributed by atoms with Gasteiger partial charge in [-0.2, -0.15) is 0 Å². The fraction of sp³-hybridized carbons (Fsp3) is 0.273. The monoisotopic (exact) mass is 304 g/mol.